The molecular weight excluding hydrogens is 386 g/mol. The fraction of sp³-hybridized carbons (Fsp3) is 0.316. The zero-order valence-electron chi connectivity index (χ0n) is 15.8. The van der Waals surface area contributed by atoms with E-state index in [9.17, 15) is 13.2 Å². The van der Waals surface area contributed by atoms with Crippen molar-refractivity contribution in [2.24, 2.45) is 0 Å². The summed E-state index contributed by atoms with van der Waals surface area (Å²) >= 11 is 6.04. The average Bonchev–Trinajstić information content (AvgIpc) is 2.63. The minimum Gasteiger partial charge on any atom is -0.330 e. The molecule has 1 amide bonds. The number of nitrogens with one attached hydrogen (secondary N) is 1. The molecule has 0 saturated carbocycles. The van der Waals surface area contributed by atoms with Gasteiger partial charge in [-0.25, -0.2) is 12.7 Å². The fourth-order valence-electron chi connectivity index (χ4n) is 2.62. The Labute approximate surface area is 165 Å². The highest BCUT2D eigenvalue weighted by Gasteiger charge is 2.23. The number of carbonyl (C=O) groups excluding carboxylic acids is 1. The van der Waals surface area contributed by atoms with Crippen LogP contribution in [0.3, 0.4) is 0 Å². The number of sulfonamides is 1. The second-order valence-electron chi connectivity index (χ2n) is 6.60. The predicted octanol–water partition coefficient (Wildman–Crippen LogP) is 2.24. The minimum atomic E-state index is -3.70. The summed E-state index contributed by atoms with van der Waals surface area (Å²) in [7, 11) is -0.840. The lowest BCUT2D eigenvalue weighted by atomic mass is 10.1. The third-order valence-corrected chi connectivity index (χ3v) is 6.57. The van der Waals surface area contributed by atoms with E-state index in [1.807, 2.05) is 49.5 Å². The molecule has 0 bridgehead atoms. The number of hydrogen-bond donors (Lipinski definition) is 2. The first-order valence-electron chi connectivity index (χ1n) is 8.56. The van der Waals surface area contributed by atoms with Gasteiger partial charge in [-0.2, -0.15) is 0 Å². The molecule has 2 atom stereocenters. The molecule has 0 aromatic heterocycles. The van der Waals surface area contributed by atoms with Gasteiger partial charge in [0.25, 0.3) is 5.91 Å². The van der Waals surface area contributed by atoms with Gasteiger partial charge in [0, 0.05) is 25.3 Å². The van der Waals surface area contributed by atoms with Crippen molar-refractivity contribution in [3.05, 3.63) is 59.1 Å². The lowest BCUT2D eigenvalue weighted by Gasteiger charge is -2.18. The average molecular weight is 411 g/mol. The van der Waals surface area contributed by atoms with Crippen LogP contribution in [-0.2, 0) is 14.8 Å². The molecule has 0 aliphatic carbocycles. The maximum absolute atomic E-state index is 12.5. The molecule has 2 aromatic carbocycles. The molecule has 0 heterocycles. The Morgan fingerprint density at radius 1 is 1.11 bits per heavy atom. The highest BCUT2D eigenvalue weighted by Crippen LogP contribution is 2.26. The minimum absolute atomic E-state index is 0.0405. The molecule has 2 rings (SSSR count). The Kier molecular flexibility index (Phi) is 7.00. The van der Waals surface area contributed by atoms with Gasteiger partial charge in [0.1, 0.15) is 10.9 Å². The van der Waals surface area contributed by atoms with Crippen LogP contribution in [0.1, 0.15) is 25.5 Å². The number of hydrogen-bond acceptors (Lipinski definition) is 3. The summed E-state index contributed by atoms with van der Waals surface area (Å²) in [4.78, 5) is 12.5. The fourth-order valence-corrected chi connectivity index (χ4v) is 4.01. The van der Waals surface area contributed by atoms with Gasteiger partial charge in [-0.3, -0.25) is 4.79 Å². The SMILES string of the molecule is C[C@H]([NH2+][C@H](C)c1ccccc1)C(=O)Nc1ccc(Cl)c(S(=O)(=O)N(C)C)c1. The maximum Gasteiger partial charge on any atom is 0.282 e. The molecule has 0 spiro atoms. The number of nitrogens with zero attached hydrogens (tertiary/aromatic N) is 1. The number of rotatable bonds is 7. The van der Waals surface area contributed by atoms with E-state index in [1.165, 1.54) is 26.2 Å². The molecule has 0 aliphatic rings. The normalized spacial score (nSPS) is 14.0. The third kappa shape index (κ3) is 5.29. The molecule has 0 fully saturated rings. The lowest BCUT2D eigenvalue weighted by Crippen LogP contribution is -2.91. The van der Waals surface area contributed by atoms with Gasteiger partial charge in [-0.1, -0.05) is 41.9 Å². The van der Waals surface area contributed by atoms with Crippen molar-refractivity contribution in [3.63, 3.8) is 0 Å². The van der Waals surface area contributed by atoms with Gasteiger partial charge in [-0.05, 0) is 32.0 Å². The van der Waals surface area contributed by atoms with Gasteiger partial charge in [0.15, 0.2) is 6.04 Å². The zero-order chi connectivity index (χ0) is 20.2. The van der Waals surface area contributed by atoms with E-state index in [4.69, 9.17) is 11.6 Å². The topological polar surface area (TPSA) is 83.1 Å². The number of benzene rings is 2. The Morgan fingerprint density at radius 2 is 1.74 bits per heavy atom. The summed E-state index contributed by atoms with van der Waals surface area (Å²) in [5.74, 6) is -0.215. The Balaban J connectivity index is 2.11. The van der Waals surface area contributed by atoms with E-state index in [-0.39, 0.29) is 27.9 Å². The molecule has 0 aliphatic heterocycles. The number of nitrogens with two attached hydrogens (primary N) is 1. The summed E-state index contributed by atoms with van der Waals surface area (Å²) in [6, 6.07) is 14.1. The molecule has 146 valence electrons. The molecule has 0 radical (unpaired) electrons. The summed E-state index contributed by atoms with van der Waals surface area (Å²) in [6.07, 6.45) is 0. The largest absolute Gasteiger partial charge is 0.330 e. The van der Waals surface area contributed by atoms with Crippen LogP contribution in [-0.4, -0.2) is 38.8 Å². The Morgan fingerprint density at radius 3 is 2.33 bits per heavy atom. The highest BCUT2D eigenvalue weighted by atomic mass is 35.5. The molecule has 27 heavy (non-hydrogen) atoms. The molecule has 0 saturated heterocycles. The number of carbonyl (C=O) groups is 1. The Hall–Kier alpha value is -1.93. The van der Waals surface area contributed by atoms with Crippen molar-refractivity contribution in [3.8, 4) is 0 Å². The van der Waals surface area contributed by atoms with Crippen LogP contribution in [0.25, 0.3) is 0 Å². The van der Waals surface area contributed by atoms with Gasteiger partial charge in [0.2, 0.25) is 10.0 Å². The van der Waals surface area contributed by atoms with Crippen molar-refractivity contribution < 1.29 is 18.5 Å². The van der Waals surface area contributed by atoms with Crippen molar-refractivity contribution in [2.75, 3.05) is 19.4 Å². The van der Waals surface area contributed by atoms with E-state index in [0.717, 1.165) is 9.87 Å². The second-order valence-corrected chi connectivity index (χ2v) is 9.13. The standard InChI is InChI=1S/C19H24ClN3O3S/c1-13(15-8-6-5-7-9-15)21-14(2)19(24)22-16-10-11-17(20)18(12-16)27(25,26)23(3)4/h5-14,21H,1-4H3,(H,22,24)/p+1/t13-,14+/m1/s1. The lowest BCUT2D eigenvalue weighted by molar-refractivity contribution is -0.709. The summed E-state index contributed by atoms with van der Waals surface area (Å²) in [6.45, 7) is 3.84. The number of halogens is 1. The monoisotopic (exact) mass is 410 g/mol. The van der Waals surface area contributed by atoms with E-state index in [1.54, 1.807) is 6.07 Å². The van der Waals surface area contributed by atoms with E-state index in [0.29, 0.717) is 5.69 Å². The number of anilines is 1. The second kappa shape index (κ2) is 8.84. The first kappa shape index (κ1) is 21.4. The maximum atomic E-state index is 12.5. The molecule has 8 heteroatoms. The molecule has 0 unspecified atom stereocenters. The zero-order valence-corrected chi connectivity index (χ0v) is 17.4. The van der Waals surface area contributed by atoms with Crippen LogP contribution in [0.5, 0.6) is 0 Å². The van der Waals surface area contributed by atoms with Gasteiger partial charge < -0.3 is 10.6 Å². The van der Waals surface area contributed by atoms with Gasteiger partial charge in [-0.15, -0.1) is 0 Å². The summed E-state index contributed by atoms with van der Waals surface area (Å²) < 4.78 is 25.8. The number of quaternary nitrogens is 1. The smallest absolute Gasteiger partial charge is 0.282 e. The van der Waals surface area contributed by atoms with E-state index in [2.05, 4.69) is 5.32 Å². The van der Waals surface area contributed by atoms with Crippen LogP contribution >= 0.6 is 11.6 Å². The van der Waals surface area contributed by atoms with Crippen LogP contribution in [0.4, 0.5) is 5.69 Å². The van der Waals surface area contributed by atoms with Crippen LogP contribution in [0.2, 0.25) is 5.02 Å². The van der Waals surface area contributed by atoms with Crippen LogP contribution in [0, 0.1) is 0 Å². The van der Waals surface area contributed by atoms with Crippen LogP contribution < -0.4 is 10.6 Å². The highest BCUT2D eigenvalue weighted by molar-refractivity contribution is 7.89. The predicted molar refractivity (Wildman–Crippen MR) is 107 cm³/mol. The van der Waals surface area contributed by atoms with Gasteiger partial charge >= 0.3 is 0 Å². The van der Waals surface area contributed by atoms with Crippen molar-refractivity contribution in [1.82, 2.24) is 4.31 Å². The molecular formula is C19H25ClN3O3S+. The van der Waals surface area contributed by atoms with Gasteiger partial charge in [0.05, 0.1) is 5.02 Å². The summed E-state index contributed by atoms with van der Waals surface area (Å²) in [5, 5.41) is 4.83. The number of amides is 1. The molecule has 2 aromatic rings. The summed E-state index contributed by atoms with van der Waals surface area (Å²) in [5.41, 5.74) is 1.51. The quantitative estimate of drug-likeness (QED) is 0.734. The van der Waals surface area contributed by atoms with Crippen molar-refractivity contribution >= 4 is 33.2 Å². The first-order valence-corrected chi connectivity index (χ1v) is 10.4. The Bertz CT molecular complexity index is 902. The van der Waals surface area contributed by atoms with E-state index < -0.39 is 10.0 Å². The molecule has 3 N–H and O–H groups in total. The molecule has 6 nitrogen and oxygen atoms in total. The van der Waals surface area contributed by atoms with Crippen molar-refractivity contribution in [1.29, 1.82) is 0 Å². The third-order valence-electron chi connectivity index (χ3n) is 4.27. The first-order chi connectivity index (χ1) is 12.6. The van der Waals surface area contributed by atoms with Crippen LogP contribution in [0.15, 0.2) is 53.4 Å². The van der Waals surface area contributed by atoms with E-state index >= 15 is 0 Å². The van der Waals surface area contributed by atoms with Crippen molar-refractivity contribution in [2.45, 2.75) is 30.8 Å².